The fourth-order valence-electron chi connectivity index (χ4n) is 1.69. The van der Waals surface area contributed by atoms with Crippen LogP contribution >= 0.6 is 15.9 Å². The Hall–Kier alpha value is -1.95. The maximum absolute atomic E-state index is 11.7. The van der Waals surface area contributed by atoms with Crippen molar-refractivity contribution in [3.63, 3.8) is 0 Å². The van der Waals surface area contributed by atoms with Crippen LogP contribution in [0.15, 0.2) is 28.9 Å². The van der Waals surface area contributed by atoms with E-state index in [4.69, 9.17) is 9.47 Å². The number of carbonyl (C=O) groups excluding carboxylic acids is 1. The molecule has 0 aliphatic rings. The lowest BCUT2D eigenvalue weighted by atomic mass is 10.2. The van der Waals surface area contributed by atoms with Gasteiger partial charge in [0, 0.05) is 6.20 Å². The second-order valence-corrected chi connectivity index (χ2v) is 5.26. The molecule has 2 aromatic rings. The maximum Gasteiger partial charge on any atom is 0.341 e. The molecule has 0 unspecified atom stereocenters. The van der Waals surface area contributed by atoms with Gasteiger partial charge in [-0.05, 0) is 54.4 Å². The third-order valence-electron chi connectivity index (χ3n) is 2.74. The molecule has 0 spiro atoms. The summed E-state index contributed by atoms with van der Waals surface area (Å²) in [4.78, 5) is 19.9. The van der Waals surface area contributed by atoms with Crippen LogP contribution in [0.2, 0.25) is 0 Å². The van der Waals surface area contributed by atoms with E-state index in [0.717, 1.165) is 10.0 Å². The number of carbonyl (C=O) groups is 1. The zero-order valence-corrected chi connectivity index (χ0v) is 13.6. The Morgan fingerprint density at radius 1 is 1.33 bits per heavy atom. The van der Waals surface area contributed by atoms with Gasteiger partial charge in [-0.2, -0.15) is 4.98 Å². The van der Waals surface area contributed by atoms with Crippen LogP contribution in [0.3, 0.4) is 0 Å². The van der Waals surface area contributed by atoms with Crippen molar-refractivity contribution in [3.05, 3.63) is 45.7 Å². The molecule has 1 aromatic heterocycles. The van der Waals surface area contributed by atoms with Gasteiger partial charge < -0.3 is 9.47 Å². The van der Waals surface area contributed by atoms with Crippen LogP contribution in [0.1, 0.15) is 28.5 Å². The first-order valence-corrected chi connectivity index (χ1v) is 7.25. The van der Waals surface area contributed by atoms with Crippen LogP contribution in [0.25, 0.3) is 0 Å². The molecule has 2 rings (SSSR count). The zero-order chi connectivity index (χ0) is 15.4. The Morgan fingerprint density at radius 2 is 2.10 bits per heavy atom. The molecule has 0 fully saturated rings. The SMILES string of the molecule is CCOC(=O)c1cnc(Oc2ccc(C)cc2Br)nc1C. The Labute approximate surface area is 131 Å². The van der Waals surface area contributed by atoms with Gasteiger partial charge in [0.25, 0.3) is 0 Å². The molecule has 0 N–H and O–H groups in total. The topological polar surface area (TPSA) is 61.3 Å². The molecule has 6 heteroatoms. The molecule has 0 saturated carbocycles. The monoisotopic (exact) mass is 350 g/mol. The molecule has 0 bridgehead atoms. The molecule has 0 aliphatic carbocycles. The zero-order valence-electron chi connectivity index (χ0n) is 12.0. The number of hydrogen-bond donors (Lipinski definition) is 0. The van der Waals surface area contributed by atoms with Gasteiger partial charge in [0.1, 0.15) is 5.75 Å². The Bertz CT molecular complexity index is 674. The molecule has 0 amide bonds. The first-order valence-electron chi connectivity index (χ1n) is 6.46. The van der Waals surface area contributed by atoms with E-state index in [2.05, 4.69) is 25.9 Å². The Morgan fingerprint density at radius 3 is 2.71 bits per heavy atom. The molecule has 5 nitrogen and oxygen atoms in total. The van der Waals surface area contributed by atoms with Gasteiger partial charge in [-0.1, -0.05) is 6.07 Å². The number of esters is 1. The second-order valence-electron chi connectivity index (χ2n) is 4.41. The van der Waals surface area contributed by atoms with Crippen LogP contribution in [-0.2, 0) is 4.74 Å². The van der Waals surface area contributed by atoms with Gasteiger partial charge >= 0.3 is 12.0 Å². The highest BCUT2D eigenvalue weighted by molar-refractivity contribution is 9.10. The second kappa shape index (κ2) is 6.67. The number of benzene rings is 1. The summed E-state index contributed by atoms with van der Waals surface area (Å²) in [6.07, 6.45) is 1.41. The Kier molecular flexibility index (Phi) is 4.90. The number of rotatable bonds is 4. The molecule has 1 aromatic carbocycles. The third kappa shape index (κ3) is 3.78. The summed E-state index contributed by atoms with van der Waals surface area (Å²) in [5, 5.41) is 0. The third-order valence-corrected chi connectivity index (χ3v) is 3.36. The van der Waals surface area contributed by atoms with E-state index in [0.29, 0.717) is 23.6 Å². The molecule has 0 radical (unpaired) electrons. The average Bonchev–Trinajstić information content (AvgIpc) is 2.42. The minimum atomic E-state index is -0.432. The molecular formula is C15H15BrN2O3. The lowest BCUT2D eigenvalue weighted by molar-refractivity contribution is 0.0524. The molecule has 0 aliphatic heterocycles. The van der Waals surface area contributed by atoms with E-state index < -0.39 is 5.97 Å². The summed E-state index contributed by atoms with van der Waals surface area (Å²) in [6.45, 7) is 5.77. The van der Waals surface area contributed by atoms with Crippen LogP contribution < -0.4 is 4.74 Å². The fraction of sp³-hybridized carbons (Fsp3) is 0.267. The van der Waals surface area contributed by atoms with Crippen molar-refractivity contribution in [1.29, 1.82) is 0 Å². The molecule has 1 heterocycles. The van der Waals surface area contributed by atoms with Gasteiger partial charge in [0.2, 0.25) is 0 Å². The van der Waals surface area contributed by atoms with Crippen LogP contribution in [0.4, 0.5) is 0 Å². The van der Waals surface area contributed by atoms with Crippen molar-refractivity contribution in [3.8, 4) is 11.8 Å². The van der Waals surface area contributed by atoms with Crippen molar-refractivity contribution >= 4 is 21.9 Å². The summed E-state index contributed by atoms with van der Waals surface area (Å²) >= 11 is 3.43. The standard InChI is InChI=1S/C15H15BrN2O3/c1-4-20-14(19)11-8-17-15(18-10(11)3)21-13-6-5-9(2)7-12(13)16/h5-8H,4H2,1-3H3. The van der Waals surface area contributed by atoms with Gasteiger partial charge in [-0.15, -0.1) is 0 Å². The van der Waals surface area contributed by atoms with Crippen molar-refractivity contribution < 1.29 is 14.3 Å². The van der Waals surface area contributed by atoms with Gasteiger partial charge in [0.15, 0.2) is 0 Å². The predicted molar refractivity (Wildman–Crippen MR) is 81.7 cm³/mol. The number of aryl methyl sites for hydroxylation is 2. The highest BCUT2D eigenvalue weighted by atomic mass is 79.9. The molecule has 0 saturated heterocycles. The molecular weight excluding hydrogens is 336 g/mol. The van der Waals surface area contributed by atoms with Crippen molar-refractivity contribution in [2.45, 2.75) is 20.8 Å². The molecule has 0 atom stereocenters. The molecule has 110 valence electrons. The van der Waals surface area contributed by atoms with Crippen LogP contribution in [-0.4, -0.2) is 22.5 Å². The lowest BCUT2D eigenvalue weighted by Gasteiger charge is -2.09. The quantitative estimate of drug-likeness (QED) is 0.784. The van der Waals surface area contributed by atoms with Crippen molar-refractivity contribution in [2.24, 2.45) is 0 Å². The van der Waals surface area contributed by atoms with Crippen LogP contribution in [0, 0.1) is 13.8 Å². The average molecular weight is 351 g/mol. The predicted octanol–water partition coefficient (Wildman–Crippen LogP) is 3.82. The first kappa shape index (κ1) is 15.4. The van der Waals surface area contributed by atoms with Crippen molar-refractivity contribution in [1.82, 2.24) is 9.97 Å². The van der Waals surface area contributed by atoms with E-state index >= 15 is 0 Å². The molecule has 21 heavy (non-hydrogen) atoms. The van der Waals surface area contributed by atoms with E-state index in [1.165, 1.54) is 6.20 Å². The summed E-state index contributed by atoms with van der Waals surface area (Å²) in [5.74, 6) is 0.182. The van der Waals surface area contributed by atoms with Crippen molar-refractivity contribution in [2.75, 3.05) is 6.61 Å². The number of aromatic nitrogens is 2. The van der Waals surface area contributed by atoms with E-state index in [9.17, 15) is 4.79 Å². The van der Waals surface area contributed by atoms with Gasteiger partial charge in [0.05, 0.1) is 22.3 Å². The summed E-state index contributed by atoms with van der Waals surface area (Å²) in [5.41, 5.74) is 1.97. The number of nitrogens with zero attached hydrogens (tertiary/aromatic N) is 2. The van der Waals surface area contributed by atoms with E-state index in [-0.39, 0.29) is 6.01 Å². The minimum Gasteiger partial charge on any atom is -0.462 e. The number of ether oxygens (including phenoxy) is 2. The highest BCUT2D eigenvalue weighted by Gasteiger charge is 2.14. The van der Waals surface area contributed by atoms with Gasteiger partial charge in [-0.25, -0.2) is 9.78 Å². The fourth-order valence-corrected chi connectivity index (χ4v) is 2.27. The smallest absolute Gasteiger partial charge is 0.341 e. The number of halogens is 1. The normalized spacial score (nSPS) is 10.3. The van der Waals surface area contributed by atoms with E-state index in [1.807, 2.05) is 25.1 Å². The lowest BCUT2D eigenvalue weighted by Crippen LogP contribution is -2.09. The minimum absolute atomic E-state index is 0.185. The summed E-state index contributed by atoms with van der Waals surface area (Å²) in [6, 6.07) is 5.89. The summed E-state index contributed by atoms with van der Waals surface area (Å²) in [7, 11) is 0. The van der Waals surface area contributed by atoms with Crippen LogP contribution in [0.5, 0.6) is 11.8 Å². The Balaban J connectivity index is 2.22. The first-order chi connectivity index (χ1) is 10.0. The maximum atomic E-state index is 11.7. The largest absolute Gasteiger partial charge is 0.462 e. The number of hydrogen-bond acceptors (Lipinski definition) is 5. The van der Waals surface area contributed by atoms with E-state index in [1.54, 1.807) is 13.8 Å². The van der Waals surface area contributed by atoms with Gasteiger partial charge in [-0.3, -0.25) is 0 Å². The highest BCUT2D eigenvalue weighted by Crippen LogP contribution is 2.29. The summed E-state index contributed by atoms with van der Waals surface area (Å²) < 4.78 is 11.4.